The van der Waals surface area contributed by atoms with Crippen LogP contribution in [0.15, 0.2) is 22.0 Å². The zero-order valence-electron chi connectivity index (χ0n) is 13.5. The molecule has 11 heteroatoms. The van der Waals surface area contributed by atoms with E-state index in [4.69, 9.17) is 0 Å². The number of alkyl halides is 6. The van der Waals surface area contributed by atoms with Gasteiger partial charge in [-0.2, -0.15) is 26.3 Å². The first-order valence-electron chi connectivity index (χ1n) is 7.50. The van der Waals surface area contributed by atoms with Crippen LogP contribution < -0.4 is 4.90 Å². The van der Waals surface area contributed by atoms with Crippen molar-refractivity contribution in [2.75, 3.05) is 23.7 Å². The average molecular weight is 404 g/mol. The van der Waals surface area contributed by atoms with Crippen LogP contribution in [0.2, 0.25) is 0 Å². The molecule has 1 unspecified atom stereocenters. The number of halogens is 7. The molecule has 1 aliphatic rings. The van der Waals surface area contributed by atoms with Crippen molar-refractivity contribution in [2.24, 2.45) is 4.99 Å². The van der Waals surface area contributed by atoms with Gasteiger partial charge in [-0.3, -0.25) is 9.20 Å². The third-order valence-corrected chi connectivity index (χ3v) is 5.13. The summed E-state index contributed by atoms with van der Waals surface area (Å²) in [4.78, 5) is 4.43. The molecule has 3 nitrogen and oxygen atoms in total. The number of nitrogens with zero attached hydrogens (tertiary/aromatic N) is 2. The van der Waals surface area contributed by atoms with Crippen LogP contribution in [-0.4, -0.2) is 41.2 Å². The van der Waals surface area contributed by atoms with E-state index in [9.17, 15) is 34.9 Å². The van der Waals surface area contributed by atoms with E-state index in [2.05, 4.69) is 4.99 Å². The zero-order chi connectivity index (χ0) is 19.7. The number of anilines is 1. The van der Waals surface area contributed by atoms with Gasteiger partial charge in [-0.05, 0) is 31.0 Å². The van der Waals surface area contributed by atoms with Crippen LogP contribution in [0.4, 0.5) is 36.4 Å². The Labute approximate surface area is 147 Å². The Hall–Kier alpha value is -1.65. The van der Waals surface area contributed by atoms with Crippen LogP contribution in [0.3, 0.4) is 0 Å². The van der Waals surface area contributed by atoms with E-state index in [1.807, 2.05) is 0 Å². The lowest BCUT2D eigenvalue weighted by Crippen LogP contribution is -2.27. The van der Waals surface area contributed by atoms with E-state index in [1.165, 1.54) is 11.8 Å². The first kappa shape index (κ1) is 20.7. The van der Waals surface area contributed by atoms with Gasteiger partial charge in [-0.15, -0.1) is 0 Å². The van der Waals surface area contributed by atoms with Crippen LogP contribution >= 0.6 is 0 Å². The van der Waals surface area contributed by atoms with E-state index >= 15 is 0 Å². The number of aryl methyl sites for hydroxylation is 1. The molecule has 0 spiro atoms. The van der Waals surface area contributed by atoms with E-state index in [0.717, 1.165) is 12.1 Å². The molecule has 1 aliphatic heterocycles. The van der Waals surface area contributed by atoms with Gasteiger partial charge in [0, 0.05) is 17.9 Å². The number of hydrogen-bond donors (Lipinski definition) is 0. The first-order valence-corrected chi connectivity index (χ1v) is 8.82. The second-order valence-corrected chi connectivity index (χ2v) is 7.20. The summed E-state index contributed by atoms with van der Waals surface area (Å²) in [5.74, 6) is -2.41. The summed E-state index contributed by atoms with van der Waals surface area (Å²) in [7, 11) is -2.45. The molecule has 0 saturated carbocycles. The predicted molar refractivity (Wildman–Crippen MR) is 83.4 cm³/mol. The third kappa shape index (κ3) is 5.42. The quantitative estimate of drug-likeness (QED) is 0.699. The molecule has 0 amide bonds. The van der Waals surface area contributed by atoms with Crippen molar-refractivity contribution in [3.63, 3.8) is 0 Å². The summed E-state index contributed by atoms with van der Waals surface area (Å²) in [6, 6.07) is 1.93. The molecule has 1 atom stereocenters. The van der Waals surface area contributed by atoms with Gasteiger partial charge in [0.2, 0.25) is 0 Å². The van der Waals surface area contributed by atoms with Crippen LogP contribution in [0.5, 0.6) is 0 Å². The number of benzene rings is 1. The van der Waals surface area contributed by atoms with Crippen molar-refractivity contribution < 1.29 is 34.9 Å². The second-order valence-electron chi connectivity index (χ2n) is 5.78. The molecule has 146 valence electrons. The molecule has 1 heterocycles. The van der Waals surface area contributed by atoms with Crippen molar-refractivity contribution in [2.45, 2.75) is 37.0 Å². The van der Waals surface area contributed by atoms with E-state index < -0.39 is 41.3 Å². The van der Waals surface area contributed by atoms with Crippen molar-refractivity contribution in [3.05, 3.63) is 23.5 Å². The summed E-state index contributed by atoms with van der Waals surface area (Å²) < 4.78 is 101. The Morgan fingerprint density at radius 3 is 2.38 bits per heavy atom. The maximum atomic E-state index is 14.3. The molecule has 0 bridgehead atoms. The Bertz CT molecular complexity index is 728. The van der Waals surface area contributed by atoms with E-state index in [1.54, 1.807) is 0 Å². The first-order chi connectivity index (χ1) is 11.9. The SMILES string of the molecule is Cc1cc(F)c(N2CCCC2=NCC(F)(F)F)cc1S(=O)CC(F)(F)F. The molecule has 2 rings (SSSR count). The molecule has 26 heavy (non-hydrogen) atoms. The summed E-state index contributed by atoms with van der Waals surface area (Å²) in [5, 5.41) is 0. The molecular formula is C15H15F7N2OS. The normalized spacial score (nSPS) is 18.6. The lowest BCUT2D eigenvalue weighted by Gasteiger charge is -2.22. The van der Waals surface area contributed by atoms with Crippen LogP contribution in [0.1, 0.15) is 18.4 Å². The lowest BCUT2D eigenvalue weighted by molar-refractivity contribution is -0.118. The Balaban J connectivity index is 2.37. The number of hydrogen-bond acceptors (Lipinski definition) is 2. The highest BCUT2D eigenvalue weighted by Gasteiger charge is 2.33. The Morgan fingerprint density at radius 2 is 1.81 bits per heavy atom. The van der Waals surface area contributed by atoms with Crippen molar-refractivity contribution >= 4 is 22.3 Å². The summed E-state index contributed by atoms with van der Waals surface area (Å²) >= 11 is 0. The molecule has 0 N–H and O–H groups in total. The smallest absolute Gasteiger partial charge is 0.328 e. The standard InChI is InChI=1S/C15H15F7N2OS/c1-9-5-10(16)11(6-12(9)26(25)8-15(20,21)22)24-4-2-3-13(24)23-7-14(17,18)19/h5-6H,2-4,7-8H2,1H3. The van der Waals surface area contributed by atoms with Crippen LogP contribution in [0.25, 0.3) is 0 Å². The molecule has 1 aromatic carbocycles. The fourth-order valence-electron chi connectivity index (χ4n) is 2.58. The average Bonchev–Trinajstić information content (AvgIpc) is 2.90. The van der Waals surface area contributed by atoms with Gasteiger partial charge < -0.3 is 4.90 Å². The van der Waals surface area contributed by atoms with Gasteiger partial charge >= 0.3 is 12.4 Å². The second kappa shape index (κ2) is 7.53. The fraction of sp³-hybridized carbons (Fsp3) is 0.533. The van der Waals surface area contributed by atoms with Gasteiger partial charge in [0.05, 0.1) is 16.5 Å². The molecular weight excluding hydrogens is 389 g/mol. The van der Waals surface area contributed by atoms with Crippen LogP contribution in [0, 0.1) is 12.7 Å². The van der Waals surface area contributed by atoms with E-state index in [-0.39, 0.29) is 34.9 Å². The Kier molecular flexibility index (Phi) is 5.99. The molecule has 1 saturated heterocycles. The van der Waals surface area contributed by atoms with Gasteiger partial charge in [-0.25, -0.2) is 4.39 Å². The van der Waals surface area contributed by atoms with Crippen molar-refractivity contribution in [3.8, 4) is 0 Å². The van der Waals surface area contributed by atoms with Gasteiger partial charge in [-0.1, -0.05) is 0 Å². The minimum atomic E-state index is -4.67. The third-order valence-electron chi connectivity index (χ3n) is 3.61. The number of rotatable bonds is 4. The van der Waals surface area contributed by atoms with E-state index in [0.29, 0.717) is 6.42 Å². The van der Waals surface area contributed by atoms with Crippen LogP contribution in [-0.2, 0) is 10.8 Å². The highest BCUT2D eigenvalue weighted by atomic mass is 32.2. The molecule has 0 aliphatic carbocycles. The molecule has 0 aromatic heterocycles. The topological polar surface area (TPSA) is 32.7 Å². The maximum absolute atomic E-state index is 14.3. The Morgan fingerprint density at radius 1 is 1.15 bits per heavy atom. The summed E-state index contributed by atoms with van der Waals surface area (Å²) in [6.45, 7) is 0.0558. The van der Waals surface area contributed by atoms with Crippen molar-refractivity contribution in [1.82, 2.24) is 0 Å². The number of aliphatic imine (C=N–C) groups is 1. The highest BCUT2D eigenvalue weighted by Crippen LogP contribution is 2.31. The van der Waals surface area contributed by atoms with Gasteiger partial charge in [0.15, 0.2) is 0 Å². The van der Waals surface area contributed by atoms with Gasteiger partial charge in [0.25, 0.3) is 0 Å². The largest absolute Gasteiger partial charge is 0.408 e. The molecule has 1 aromatic rings. The molecule has 0 radical (unpaired) electrons. The van der Waals surface area contributed by atoms with Crippen molar-refractivity contribution in [1.29, 1.82) is 0 Å². The summed E-state index contributed by atoms with van der Waals surface area (Å²) in [6.07, 6.45) is -8.58. The minimum absolute atomic E-state index is 0.00219. The molecule has 1 fully saturated rings. The summed E-state index contributed by atoms with van der Waals surface area (Å²) in [5.41, 5.74) is -0.152. The maximum Gasteiger partial charge on any atom is 0.408 e. The highest BCUT2D eigenvalue weighted by molar-refractivity contribution is 7.85. The zero-order valence-corrected chi connectivity index (χ0v) is 14.4. The number of amidine groups is 1. The van der Waals surface area contributed by atoms with Gasteiger partial charge in [0.1, 0.15) is 24.0 Å². The fourth-order valence-corrected chi connectivity index (χ4v) is 3.70. The monoisotopic (exact) mass is 404 g/mol. The predicted octanol–water partition coefficient (Wildman–Crippen LogP) is 4.37. The minimum Gasteiger partial charge on any atom is -0.328 e. The lowest BCUT2D eigenvalue weighted by atomic mass is 10.2.